The Bertz CT molecular complexity index is 243. The third-order valence-electron chi connectivity index (χ3n) is 0.808. The monoisotopic (exact) mass is 142 g/mol. The first-order valence-corrected chi connectivity index (χ1v) is 2.56. The minimum atomic E-state index is -0.262. The number of aromatic nitrogens is 2. The lowest BCUT2D eigenvalue weighted by Gasteiger charge is -1.91. The van der Waals surface area contributed by atoms with Gasteiger partial charge in [0.05, 0.1) is 0 Å². The fraction of sp³-hybridized carbons (Fsp3) is 0.250. The van der Waals surface area contributed by atoms with Gasteiger partial charge in [0, 0.05) is 6.92 Å². The third kappa shape index (κ3) is 1.22. The standard InChI is InChI=1S/C4H6N4O2/c1-2(9)6-4-3(5)7-10-8-4/h1H3,(H2,5,7)(H,6,8,9). The van der Waals surface area contributed by atoms with E-state index in [1.807, 2.05) is 0 Å². The molecule has 0 aliphatic carbocycles. The zero-order valence-corrected chi connectivity index (χ0v) is 5.29. The van der Waals surface area contributed by atoms with Gasteiger partial charge in [-0.1, -0.05) is 0 Å². The van der Waals surface area contributed by atoms with Gasteiger partial charge in [-0.3, -0.25) is 4.79 Å². The van der Waals surface area contributed by atoms with Gasteiger partial charge in [-0.2, -0.15) is 0 Å². The van der Waals surface area contributed by atoms with Crippen molar-refractivity contribution in [3.05, 3.63) is 0 Å². The molecule has 1 rings (SSSR count). The van der Waals surface area contributed by atoms with Gasteiger partial charge >= 0.3 is 0 Å². The fourth-order valence-electron chi connectivity index (χ4n) is 0.449. The minimum Gasteiger partial charge on any atom is -0.378 e. The Hall–Kier alpha value is -1.59. The lowest BCUT2D eigenvalue weighted by Crippen LogP contribution is -2.07. The summed E-state index contributed by atoms with van der Waals surface area (Å²) in [6.07, 6.45) is 0. The number of nitrogens with two attached hydrogens (primary N) is 1. The normalized spacial score (nSPS) is 9.30. The first-order valence-electron chi connectivity index (χ1n) is 2.56. The van der Waals surface area contributed by atoms with Crippen molar-refractivity contribution in [3.8, 4) is 0 Å². The molecule has 0 radical (unpaired) electrons. The van der Waals surface area contributed by atoms with Crippen LogP contribution in [0.25, 0.3) is 0 Å². The average Bonchev–Trinajstić information content (AvgIpc) is 2.15. The van der Waals surface area contributed by atoms with E-state index in [0.29, 0.717) is 0 Å². The van der Waals surface area contributed by atoms with Gasteiger partial charge < -0.3 is 11.1 Å². The molecule has 0 spiro atoms. The molecular formula is C4H6N4O2. The summed E-state index contributed by atoms with van der Waals surface area (Å²) in [6.45, 7) is 1.34. The van der Waals surface area contributed by atoms with Gasteiger partial charge in [0.1, 0.15) is 0 Å². The number of hydrogen-bond donors (Lipinski definition) is 2. The van der Waals surface area contributed by atoms with Gasteiger partial charge in [0.2, 0.25) is 17.5 Å². The molecule has 0 saturated heterocycles. The molecule has 0 bridgehead atoms. The molecule has 10 heavy (non-hydrogen) atoms. The molecule has 6 heteroatoms. The number of anilines is 2. The Balaban J connectivity index is 2.74. The number of carbonyl (C=O) groups excluding carboxylic acids is 1. The predicted molar refractivity (Wildman–Crippen MR) is 33.0 cm³/mol. The second-order valence-corrected chi connectivity index (χ2v) is 1.68. The Morgan fingerprint density at radius 2 is 2.40 bits per heavy atom. The van der Waals surface area contributed by atoms with E-state index in [2.05, 4.69) is 20.3 Å². The van der Waals surface area contributed by atoms with E-state index in [1.54, 1.807) is 0 Å². The number of nitrogens with one attached hydrogen (secondary N) is 1. The van der Waals surface area contributed by atoms with E-state index in [-0.39, 0.29) is 17.5 Å². The highest BCUT2D eigenvalue weighted by Gasteiger charge is 2.05. The van der Waals surface area contributed by atoms with Gasteiger partial charge in [0.25, 0.3) is 0 Å². The number of amides is 1. The average molecular weight is 142 g/mol. The van der Waals surface area contributed by atoms with Crippen molar-refractivity contribution in [1.82, 2.24) is 10.3 Å². The van der Waals surface area contributed by atoms with E-state index in [1.165, 1.54) is 6.92 Å². The Morgan fingerprint density at radius 1 is 1.70 bits per heavy atom. The summed E-state index contributed by atoms with van der Waals surface area (Å²) in [6, 6.07) is 0. The van der Waals surface area contributed by atoms with Crippen molar-refractivity contribution in [3.63, 3.8) is 0 Å². The largest absolute Gasteiger partial charge is 0.378 e. The predicted octanol–water partition coefficient (Wildman–Crippen LogP) is -0.390. The maximum absolute atomic E-state index is 10.4. The third-order valence-corrected chi connectivity index (χ3v) is 0.808. The molecule has 0 fully saturated rings. The molecule has 0 unspecified atom stereocenters. The summed E-state index contributed by atoms with van der Waals surface area (Å²) >= 11 is 0. The molecule has 1 amide bonds. The smallest absolute Gasteiger partial charge is 0.222 e. The molecule has 0 saturated carbocycles. The molecule has 0 aliphatic heterocycles. The summed E-state index contributed by atoms with van der Waals surface area (Å²) in [5, 5.41) is 8.88. The number of nitrogen functional groups attached to an aromatic ring is 1. The molecule has 54 valence electrons. The Morgan fingerprint density at radius 3 is 2.80 bits per heavy atom. The van der Waals surface area contributed by atoms with Gasteiger partial charge in [-0.25, -0.2) is 4.63 Å². The number of hydrogen-bond acceptors (Lipinski definition) is 5. The van der Waals surface area contributed by atoms with Gasteiger partial charge in [-0.15, -0.1) is 0 Å². The maximum Gasteiger partial charge on any atom is 0.222 e. The van der Waals surface area contributed by atoms with Crippen molar-refractivity contribution in [1.29, 1.82) is 0 Å². The van der Waals surface area contributed by atoms with Crippen molar-refractivity contribution >= 4 is 17.5 Å². The topological polar surface area (TPSA) is 94.0 Å². The molecule has 1 heterocycles. The molecule has 0 atom stereocenters. The highest BCUT2D eigenvalue weighted by molar-refractivity contribution is 5.89. The van der Waals surface area contributed by atoms with Crippen LogP contribution in [0.15, 0.2) is 4.63 Å². The van der Waals surface area contributed by atoms with Crippen LogP contribution in [0.2, 0.25) is 0 Å². The quantitative estimate of drug-likeness (QED) is 0.556. The van der Waals surface area contributed by atoms with Crippen LogP contribution >= 0.6 is 0 Å². The summed E-state index contributed by atoms with van der Waals surface area (Å²) in [5.74, 6) is -0.0231. The molecule has 0 aliphatic rings. The van der Waals surface area contributed by atoms with Crippen LogP contribution in [0.4, 0.5) is 11.6 Å². The van der Waals surface area contributed by atoms with E-state index in [0.717, 1.165) is 0 Å². The van der Waals surface area contributed by atoms with Crippen LogP contribution < -0.4 is 11.1 Å². The van der Waals surface area contributed by atoms with Crippen LogP contribution in [-0.4, -0.2) is 16.2 Å². The second-order valence-electron chi connectivity index (χ2n) is 1.68. The van der Waals surface area contributed by atoms with Crippen molar-refractivity contribution in [2.75, 3.05) is 11.1 Å². The maximum atomic E-state index is 10.4. The van der Waals surface area contributed by atoms with Crippen LogP contribution in [0.5, 0.6) is 0 Å². The summed E-state index contributed by atoms with van der Waals surface area (Å²) < 4.78 is 4.21. The zero-order chi connectivity index (χ0) is 7.56. The molecule has 0 aromatic carbocycles. The number of nitrogens with zero attached hydrogens (tertiary/aromatic N) is 2. The summed E-state index contributed by atoms with van der Waals surface area (Å²) in [4.78, 5) is 10.4. The number of carbonyl (C=O) groups is 1. The minimum absolute atomic E-state index is 0.0789. The summed E-state index contributed by atoms with van der Waals surface area (Å²) in [5.41, 5.74) is 5.21. The number of rotatable bonds is 1. The Kier molecular flexibility index (Phi) is 1.53. The van der Waals surface area contributed by atoms with Crippen molar-refractivity contribution < 1.29 is 9.42 Å². The molecule has 6 nitrogen and oxygen atoms in total. The lowest BCUT2D eigenvalue weighted by atomic mass is 10.6. The molecule has 1 aromatic rings. The zero-order valence-electron chi connectivity index (χ0n) is 5.29. The first-order chi connectivity index (χ1) is 4.70. The van der Waals surface area contributed by atoms with Crippen molar-refractivity contribution in [2.24, 2.45) is 0 Å². The summed E-state index contributed by atoms with van der Waals surface area (Å²) in [7, 11) is 0. The SMILES string of the molecule is CC(=O)Nc1nonc1N. The molecule has 3 N–H and O–H groups in total. The van der Waals surface area contributed by atoms with Gasteiger partial charge in [-0.05, 0) is 10.3 Å². The first kappa shape index (κ1) is 6.53. The Labute approximate surface area is 56.3 Å². The van der Waals surface area contributed by atoms with Crippen molar-refractivity contribution in [2.45, 2.75) is 6.92 Å². The van der Waals surface area contributed by atoms with E-state index < -0.39 is 0 Å². The van der Waals surface area contributed by atoms with Gasteiger partial charge in [0.15, 0.2) is 0 Å². The fourth-order valence-corrected chi connectivity index (χ4v) is 0.449. The second kappa shape index (κ2) is 2.34. The van der Waals surface area contributed by atoms with Crippen LogP contribution in [0.3, 0.4) is 0 Å². The lowest BCUT2D eigenvalue weighted by molar-refractivity contribution is -0.114. The molecular weight excluding hydrogens is 136 g/mol. The van der Waals surface area contributed by atoms with Crippen LogP contribution in [0.1, 0.15) is 6.92 Å². The molecule has 1 aromatic heterocycles. The van der Waals surface area contributed by atoms with Crippen LogP contribution in [-0.2, 0) is 4.79 Å². The van der Waals surface area contributed by atoms with E-state index >= 15 is 0 Å². The van der Waals surface area contributed by atoms with E-state index in [4.69, 9.17) is 5.73 Å². The highest BCUT2D eigenvalue weighted by atomic mass is 16.6. The van der Waals surface area contributed by atoms with E-state index in [9.17, 15) is 4.79 Å². The van der Waals surface area contributed by atoms with Crippen LogP contribution in [0, 0.1) is 0 Å². The highest BCUT2D eigenvalue weighted by Crippen LogP contribution is 2.09.